The van der Waals surface area contributed by atoms with E-state index in [2.05, 4.69) is 19.2 Å². The fourth-order valence-electron chi connectivity index (χ4n) is 1.97. The van der Waals surface area contributed by atoms with E-state index in [1.807, 2.05) is 0 Å². The largest absolute Gasteiger partial charge is 0.310 e. The molecule has 2 rings (SSSR count). The summed E-state index contributed by atoms with van der Waals surface area (Å²) in [5.41, 5.74) is 1.09. The zero-order valence-corrected chi connectivity index (χ0v) is 12.2. The average Bonchev–Trinajstić information content (AvgIpc) is 2.61. The zero-order valence-electron chi connectivity index (χ0n) is 9.76. The molecule has 0 aromatic carbocycles. The molecule has 0 unspecified atom stereocenters. The van der Waals surface area contributed by atoms with Gasteiger partial charge in [-0.25, -0.2) is 13.6 Å². The summed E-state index contributed by atoms with van der Waals surface area (Å²) in [7, 11) is -3.58. The van der Waals surface area contributed by atoms with Gasteiger partial charge in [-0.3, -0.25) is 0 Å². The fraction of sp³-hybridized carbons (Fsp3) is 0.600. The number of thiophene rings is 1. The maximum absolute atomic E-state index is 11.4. The van der Waals surface area contributed by atoms with Crippen LogP contribution in [-0.2, 0) is 10.0 Å². The molecule has 1 aromatic heterocycles. The van der Waals surface area contributed by atoms with Crippen molar-refractivity contribution >= 4 is 33.1 Å². The van der Waals surface area contributed by atoms with Crippen LogP contribution in [0, 0.1) is 0 Å². The molecular formula is C10H16N2O2S3. The highest BCUT2D eigenvalue weighted by atomic mass is 32.3. The van der Waals surface area contributed by atoms with Crippen LogP contribution in [-0.4, -0.2) is 20.2 Å². The first-order chi connectivity index (χ1) is 7.91. The van der Waals surface area contributed by atoms with Gasteiger partial charge in [-0.05, 0) is 24.6 Å². The summed E-state index contributed by atoms with van der Waals surface area (Å²) in [5, 5.41) is 9.07. The number of primary sulfonamides is 1. The molecule has 0 saturated heterocycles. The Labute approximate surface area is 110 Å². The average molecular weight is 292 g/mol. The standard InChI is InChI=1S/C10H16N2O2S3/c1-3-12-8-4-6(2)15-10-7(8)5-9(16-10)17(11,13)14/h5-6,8,12H,3-4H2,1-2H3,(H2,11,13,14)/t6-,8+/m0/s1. The Kier molecular flexibility index (Phi) is 3.84. The molecule has 7 heteroatoms. The van der Waals surface area contributed by atoms with Crippen molar-refractivity contribution in [3.63, 3.8) is 0 Å². The number of hydrogen-bond acceptors (Lipinski definition) is 5. The zero-order chi connectivity index (χ0) is 12.6. The molecule has 0 bridgehead atoms. The lowest BCUT2D eigenvalue weighted by molar-refractivity contribution is 0.503. The Hall–Kier alpha value is -0.0800. The molecule has 1 aromatic rings. The van der Waals surface area contributed by atoms with Gasteiger partial charge in [0.15, 0.2) is 0 Å². The van der Waals surface area contributed by atoms with Crippen molar-refractivity contribution in [2.45, 2.75) is 40.0 Å². The summed E-state index contributed by atoms with van der Waals surface area (Å²) in [4.78, 5) is 0. The minimum Gasteiger partial charge on any atom is -0.310 e. The lowest BCUT2D eigenvalue weighted by Crippen LogP contribution is -2.26. The van der Waals surface area contributed by atoms with Crippen molar-refractivity contribution in [2.75, 3.05) is 6.54 Å². The quantitative estimate of drug-likeness (QED) is 0.893. The molecular weight excluding hydrogens is 276 g/mol. The summed E-state index contributed by atoms with van der Waals surface area (Å²) < 4.78 is 24.1. The molecule has 17 heavy (non-hydrogen) atoms. The van der Waals surface area contributed by atoms with Gasteiger partial charge in [0.25, 0.3) is 0 Å². The first-order valence-electron chi connectivity index (χ1n) is 5.48. The number of fused-ring (bicyclic) bond motifs is 1. The second-order valence-corrected chi connectivity index (χ2v) is 8.68. The van der Waals surface area contributed by atoms with E-state index in [1.54, 1.807) is 17.8 Å². The first kappa shape index (κ1) is 13.4. The minimum absolute atomic E-state index is 0.248. The third kappa shape index (κ3) is 2.85. The van der Waals surface area contributed by atoms with E-state index in [1.165, 1.54) is 11.3 Å². The van der Waals surface area contributed by atoms with Crippen molar-refractivity contribution in [1.29, 1.82) is 0 Å². The normalized spacial score (nSPS) is 24.6. The Balaban J connectivity index is 2.41. The third-order valence-electron chi connectivity index (χ3n) is 2.68. The molecule has 2 heterocycles. The number of sulfonamides is 1. The molecule has 1 aliphatic heterocycles. The fourth-order valence-corrected chi connectivity index (χ4v) is 5.77. The van der Waals surface area contributed by atoms with Gasteiger partial charge in [-0.2, -0.15) is 0 Å². The van der Waals surface area contributed by atoms with Crippen molar-refractivity contribution in [3.05, 3.63) is 11.6 Å². The van der Waals surface area contributed by atoms with Crippen LogP contribution in [0.3, 0.4) is 0 Å². The highest BCUT2D eigenvalue weighted by Gasteiger charge is 2.29. The Morgan fingerprint density at radius 2 is 2.29 bits per heavy atom. The maximum Gasteiger partial charge on any atom is 0.247 e. The number of rotatable bonds is 3. The number of nitrogens with two attached hydrogens (primary N) is 1. The molecule has 2 atom stereocenters. The van der Waals surface area contributed by atoms with E-state index in [-0.39, 0.29) is 10.3 Å². The lowest BCUT2D eigenvalue weighted by Gasteiger charge is -2.27. The first-order valence-corrected chi connectivity index (χ1v) is 8.72. The summed E-state index contributed by atoms with van der Waals surface area (Å²) in [6, 6.07) is 1.97. The molecule has 3 N–H and O–H groups in total. The molecule has 0 fully saturated rings. The van der Waals surface area contributed by atoms with E-state index in [0.717, 1.165) is 22.7 Å². The highest BCUT2D eigenvalue weighted by Crippen LogP contribution is 2.46. The van der Waals surface area contributed by atoms with E-state index >= 15 is 0 Å². The highest BCUT2D eigenvalue weighted by molar-refractivity contribution is 8.02. The van der Waals surface area contributed by atoms with Gasteiger partial charge in [0.1, 0.15) is 4.21 Å². The van der Waals surface area contributed by atoms with Crippen LogP contribution in [0.15, 0.2) is 14.5 Å². The molecule has 0 spiro atoms. The molecule has 0 radical (unpaired) electrons. The molecule has 96 valence electrons. The van der Waals surface area contributed by atoms with E-state index < -0.39 is 10.0 Å². The number of nitrogens with one attached hydrogen (secondary N) is 1. The summed E-state index contributed by atoms with van der Waals surface area (Å²) in [6.07, 6.45) is 1.02. The third-order valence-corrected chi connectivity index (χ3v) is 6.63. The van der Waals surface area contributed by atoms with Gasteiger partial charge in [-0.15, -0.1) is 23.1 Å². The molecule has 1 aliphatic rings. The Morgan fingerprint density at radius 1 is 1.59 bits per heavy atom. The van der Waals surface area contributed by atoms with Gasteiger partial charge in [0.2, 0.25) is 10.0 Å². The van der Waals surface area contributed by atoms with E-state index in [9.17, 15) is 8.42 Å². The minimum atomic E-state index is -3.58. The van der Waals surface area contributed by atoms with Crippen LogP contribution in [0.25, 0.3) is 0 Å². The van der Waals surface area contributed by atoms with Gasteiger partial charge in [0.05, 0.1) is 4.21 Å². The molecule has 0 saturated carbocycles. The predicted octanol–water partition coefficient (Wildman–Crippen LogP) is 1.93. The summed E-state index contributed by atoms with van der Waals surface area (Å²) in [6.45, 7) is 5.09. The van der Waals surface area contributed by atoms with Crippen molar-refractivity contribution in [3.8, 4) is 0 Å². The second kappa shape index (κ2) is 4.89. The van der Waals surface area contributed by atoms with Crippen molar-refractivity contribution < 1.29 is 8.42 Å². The number of thioether (sulfide) groups is 1. The van der Waals surface area contributed by atoms with Gasteiger partial charge < -0.3 is 5.32 Å². The van der Waals surface area contributed by atoms with Crippen LogP contribution >= 0.6 is 23.1 Å². The Morgan fingerprint density at radius 3 is 2.88 bits per heavy atom. The number of hydrogen-bond donors (Lipinski definition) is 2. The van der Waals surface area contributed by atoms with Gasteiger partial charge in [0, 0.05) is 11.3 Å². The van der Waals surface area contributed by atoms with Crippen molar-refractivity contribution in [2.24, 2.45) is 5.14 Å². The van der Waals surface area contributed by atoms with Gasteiger partial charge in [-0.1, -0.05) is 13.8 Å². The SMILES string of the molecule is CCN[C@@H]1C[C@H](C)Sc2sc(S(N)(=O)=O)cc21. The van der Waals surface area contributed by atoms with Crippen LogP contribution in [0.2, 0.25) is 0 Å². The maximum atomic E-state index is 11.4. The topological polar surface area (TPSA) is 72.2 Å². The van der Waals surface area contributed by atoms with Crippen LogP contribution in [0.5, 0.6) is 0 Å². The van der Waals surface area contributed by atoms with E-state index in [0.29, 0.717) is 5.25 Å². The van der Waals surface area contributed by atoms with Crippen LogP contribution in [0.4, 0.5) is 0 Å². The van der Waals surface area contributed by atoms with E-state index in [4.69, 9.17) is 5.14 Å². The van der Waals surface area contributed by atoms with Gasteiger partial charge >= 0.3 is 0 Å². The smallest absolute Gasteiger partial charge is 0.247 e. The Bertz CT molecular complexity index is 510. The van der Waals surface area contributed by atoms with Crippen molar-refractivity contribution in [1.82, 2.24) is 5.32 Å². The molecule has 0 aliphatic carbocycles. The molecule has 4 nitrogen and oxygen atoms in total. The predicted molar refractivity (Wildman–Crippen MR) is 72.0 cm³/mol. The van der Waals surface area contributed by atoms with Crippen LogP contribution < -0.4 is 10.5 Å². The summed E-state index contributed by atoms with van der Waals surface area (Å²) in [5.74, 6) is 0. The summed E-state index contributed by atoms with van der Waals surface area (Å²) >= 11 is 3.02. The lowest BCUT2D eigenvalue weighted by atomic mass is 10.1. The monoisotopic (exact) mass is 292 g/mol. The second-order valence-electron chi connectivity index (χ2n) is 4.13. The van der Waals surface area contributed by atoms with Crippen LogP contribution in [0.1, 0.15) is 31.9 Å². The molecule has 0 amide bonds.